The summed E-state index contributed by atoms with van der Waals surface area (Å²) in [7, 11) is -1.50. The van der Waals surface area contributed by atoms with Crippen molar-refractivity contribution in [2.24, 2.45) is 0 Å². The van der Waals surface area contributed by atoms with E-state index in [1.807, 2.05) is 25.7 Å². The fraction of sp³-hybridized carbons (Fsp3) is 0.583. The Bertz CT molecular complexity index is 1350. The van der Waals surface area contributed by atoms with E-state index < -0.39 is 45.7 Å². The standard InChI is InChI=1S/C24H27F3N8O2S/c1-14-10-33(5-6-34(14)22(36)24(11-25)4-7-38(24)37)20-17-21(30-13-29-20)35(12-23(17,2)3)16-8-15(9-28)18(19(26)27)32-31-16/h8,13-14,19H,4-7,10-12H2,1-3H3. The highest BCUT2D eigenvalue weighted by molar-refractivity contribution is 7.88. The van der Waals surface area contributed by atoms with Crippen LogP contribution in [0.4, 0.5) is 30.6 Å². The molecule has 38 heavy (non-hydrogen) atoms. The molecule has 2 saturated heterocycles. The monoisotopic (exact) mass is 548 g/mol. The molecular formula is C24H27F3N8O2S. The Morgan fingerprint density at radius 3 is 2.58 bits per heavy atom. The van der Waals surface area contributed by atoms with Gasteiger partial charge in [-0.2, -0.15) is 5.26 Å². The number of carbonyl (C=O) groups excluding carboxylic acids is 1. The molecule has 0 aromatic carbocycles. The summed E-state index contributed by atoms with van der Waals surface area (Å²) in [5.41, 5.74) is -0.567. The molecular weight excluding hydrogens is 521 g/mol. The third-order valence-electron chi connectivity index (χ3n) is 7.63. The zero-order valence-electron chi connectivity index (χ0n) is 21.2. The van der Waals surface area contributed by atoms with Crippen molar-refractivity contribution in [2.75, 3.05) is 48.4 Å². The van der Waals surface area contributed by atoms with Gasteiger partial charge in [-0.25, -0.2) is 23.1 Å². The number of rotatable bonds is 5. The van der Waals surface area contributed by atoms with Crippen molar-refractivity contribution >= 4 is 34.2 Å². The fourth-order valence-corrected chi connectivity index (χ4v) is 6.76. The number of halogens is 3. The number of hydrogen-bond acceptors (Lipinski definition) is 9. The molecule has 3 aliphatic heterocycles. The van der Waals surface area contributed by atoms with E-state index in [0.717, 1.165) is 5.56 Å². The summed E-state index contributed by atoms with van der Waals surface area (Å²) in [5, 5.41) is 16.9. The Morgan fingerprint density at radius 2 is 2.00 bits per heavy atom. The van der Waals surface area contributed by atoms with E-state index in [0.29, 0.717) is 50.0 Å². The van der Waals surface area contributed by atoms with Crippen LogP contribution in [-0.4, -0.2) is 84.6 Å². The molecule has 2 aromatic heterocycles. The molecule has 5 rings (SSSR count). The zero-order valence-corrected chi connectivity index (χ0v) is 22.0. The second kappa shape index (κ2) is 9.44. The van der Waals surface area contributed by atoms with Crippen LogP contribution in [0.25, 0.3) is 0 Å². The maximum atomic E-state index is 13.8. The van der Waals surface area contributed by atoms with Gasteiger partial charge in [0.2, 0.25) is 5.91 Å². The number of amides is 1. The van der Waals surface area contributed by atoms with Gasteiger partial charge in [-0.05, 0) is 13.3 Å². The molecule has 0 saturated carbocycles. The Kier molecular flexibility index (Phi) is 6.53. The van der Waals surface area contributed by atoms with Crippen molar-refractivity contribution < 1.29 is 22.2 Å². The molecule has 10 nitrogen and oxygen atoms in total. The Hall–Kier alpha value is -3.34. The van der Waals surface area contributed by atoms with Crippen molar-refractivity contribution in [3.05, 3.63) is 29.2 Å². The third kappa shape index (κ3) is 3.98. The van der Waals surface area contributed by atoms with E-state index in [1.54, 1.807) is 15.9 Å². The van der Waals surface area contributed by atoms with Crippen LogP contribution in [0.1, 0.15) is 50.4 Å². The first kappa shape index (κ1) is 26.3. The number of aromatic nitrogens is 4. The van der Waals surface area contributed by atoms with Gasteiger partial charge in [0.25, 0.3) is 6.43 Å². The first-order chi connectivity index (χ1) is 18.0. The molecule has 3 aliphatic rings. The maximum Gasteiger partial charge on any atom is 0.283 e. The minimum atomic E-state index is -2.92. The smallest absolute Gasteiger partial charge is 0.283 e. The van der Waals surface area contributed by atoms with E-state index in [9.17, 15) is 27.4 Å². The van der Waals surface area contributed by atoms with Gasteiger partial charge in [-0.3, -0.25) is 9.00 Å². The van der Waals surface area contributed by atoms with Gasteiger partial charge >= 0.3 is 0 Å². The average Bonchev–Trinajstić information content (AvgIpc) is 3.18. The zero-order chi connectivity index (χ0) is 27.4. The van der Waals surface area contributed by atoms with E-state index in [-0.39, 0.29) is 17.4 Å². The molecule has 2 aromatic rings. The third-order valence-corrected chi connectivity index (χ3v) is 9.56. The lowest BCUT2D eigenvalue weighted by Gasteiger charge is -2.46. The first-order valence-electron chi connectivity index (χ1n) is 12.2. The number of carbonyl (C=O) groups is 1. The lowest BCUT2D eigenvalue weighted by molar-refractivity contribution is -0.137. The topological polar surface area (TPSA) is 119 Å². The normalized spacial score (nSPS) is 26.2. The van der Waals surface area contributed by atoms with E-state index >= 15 is 0 Å². The summed E-state index contributed by atoms with van der Waals surface area (Å²) in [5.74, 6) is 1.39. The van der Waals surface area contributed by atoms with Crippen molar-refractivity contribution in [2.45, 2.75) is 49.8 Å². The van der Waals surface area contributed by atoms with Gasteiger partial charge in [0, 0.05) is 65.8 Å². The van der Waals surface area contributed by atoms with Crippen LogP contribution in [0.3, 0.4) is 0 Å². The van der Waals surface area contributed by atoms with Gasteiger partial charge in [0.15, 0.2) is 10.6 Å². The van der Waals surface area contributed by atoms with E-state index in [4.69, 9.17) is 0 Å². The predicted molar refractivity (Wildman–Crippen MR) is 133 cm³/mol. The summed E-state index contributed by atoms with van der Waals surface area (Å²) in [6, 6.07) is 2.79. The van der Waals surface area contributed by atoms with Crippen LogP contribution in [0.2, 0.25) is 0 Å². The predicted octanol–water partition coefficient (Wildman–Crippen LogP) is 2.40. The number of anilines is 3. The second-order valence-corrected chi connectivity index (χ2v) is 12.4. The van der Waals surface area contributed by atoms with Crippen LogP contribution in [0, 0.1) is 11.3 Å². The minimum Gasteiger partial charge on any atom is -0.352 e. The molecule has 0 radical (unpaired) electrons. The molecule has 0 aliphatic carbocycles. The lowest BCUT2D eigenvalue weighted by Crippen LogP contribution is -2.65. The minimum absolute atomic E-state index is 0.233. The number of hydrogen-bond donors (Lipinski definition) is 0. The SMILES string of the molecule is CC1CN(c2ncnc3c2C(C)(C)CN3c2cc(C#N)c(C(F)F)nn2)CCN1C(=O)C1(CF)CCS1=O. The molecule has 14 heteroatoms. The summed E-state index contributed by atoms with van der Waals surface area (Å²) in [6.45, 7) is 6.56. The molecule has 0 spiro atoms. The number of piperazine rings is 1. The summed E-state index contributed by atoms with van der Waals surface area (Å²) < 4.78 is 51.1. The van der Waals surface area contributed by atoms with Crippen LogP contribution in [0.15, 0.2) is 12.4 Å². The van der Waals surface area contributed by atoms with E-state index in [1.165, 1.54) is 12.4 Å². The molecule has 3 atom stereocenters. The van der Waals surface area contributed by atoms with Crippen molar-refractivity contribution in [1.29, 1.82) is 5.26 Å². The molecule has 0 bridgehead atoms. The highest BCUT2D eigenvalue weighted by atomic mass is 32.2. The number of alkyl halides is 3. The first-order valence-corrected chi connectivity index (χ1v) is 13.6. The number of nitriles is 1. The summed E-state index contributed by atoms with van der Waals surface area (Å²) in [6.07, 6.45) is -1.22. The maximum absolute atomic E-state index is 13.8. The van der Waals surface area contributed by atoms with Gasteiger partial charge in [-0.1, -0.05) is 13.8 Å². The Morgan fingerprint density at radius 1 is 1.26 bits per heavy atom. The lowest BCUT2D eigenvalue weighted by atomic mass is 9.87. The van der Waals surface area contributed by atoms with Crippen LogP contribution < -0.4 is 9.80 Å². The summed E-state index contributed by atoms with van der Waals surface area (Å²) >= 11 is 0. The molecule has 2 fully saturated rings. The number of nitrogens with zero attached hydrogens (tertiary/aromatic N) is 8. The summed E-state index contributed by atoms with van der Waals surface area (Å²) in [4.78, 5) is 27.6. The molecule has 0 N–H and O–H groups in total. The second-order valence-electron chi connectivity index (χ2n) is 10.5. The Labute approximate surface area is 220 Å². The van der Waals surface area contributed by atoms with Gasteiger partial charge < -0.3 is 14.7 Å². The largest absolute Gasteiger partial charge is 0.352 e. The van der Waals surface area contributed by atoms with Crippen LogP contribution in [0.5, 0.6) is 0 Å². The van der Waals surface area contributed by atoms with Crippen molar-refractivity contribution in [3.8, 4) is 6.07 Å². The van der Waals surface area contributed by atoms with Crippen LogP contribution >= 0.6 is 0 Å². The van der Waals surface area contributed by atoms with Crippen LogP contribution in [-0.2, 0) is 21.0 Å². The van der Waals surface area contributed by atoms with Gasteiger partial charge in [0.1, 0.15) is 36.4 Å². The molecule has 1 amide bonds. The molecule has 202 valence electrons. The quantitative estimate of drug-likeness (QED) is 0.555. The van der Waals surface area contributed by atoms with Crippen molar-refractivity contribution in [3.63, 3.8) is 0 Å². The van der Waals surface area contributed by atoms with Gasteiger partial charge in [0.05, 0.1) is 5.56 Å². The fourth-order valence-electron chi connectivity index (χ4n) is 5.46. The molecule has 3 unspecified atom stereocenters. The average molecular weight is 549 g/mol. The van der Waals surface area contributed by atoms with Gasteiger partial charge in [-0.15, -0.1) is 10.2 Å². The Balaban J connectivity index is 1.44. The highest BCUT2D eigenvalue weighted by Gasteiger charge is 2.54. The highest BCUT2D eigenvalue weighted by Crippen LogP contribution is 2.46. The number of fused-ring (bicyclic) bond motifs is 1. The van der Waals surface area contributed by atoms with E-state index in [2.05, 4.69) is 20.2 Å². The molecule has 5 heterocycles. The van der Waals surface area contributed by atoms with Crippen molar-refractivity contribution in [1.82, 2.24) is 25.1 Å².